The van der Waals surface area contributed by atoms with E-state index in [0.29, 0.717) is 11.1 Å². The van der Waals surface area contributed by atoms with Crippen LogP contribution >= 0.6 is 0 Å². The minimum Gasteiger partial charge on any atom is -0.392 e. The van der Waals surface area contributed by atoms with Gasteiger partial charge in [-0.3, -0.25) is 19.5 Å². The predicted molar refractivity (Wildman–Crippen MR) is 80.7 cm³/mol. The number of para-hydroxylation sites is 1. The molecule has 0 unspecified atom stereocenters. The van der Waals surface area contributed by atoms with Crippen molar-refractivity contribution in [2.24, 2.45) is 0 Å². The van der Waals surface area contributed by atoms with E-state index in [-0.39, 0.29) is 23.8 Å². The first kappa shape index (κ1) is 14.0. The van der Waals surface area contributed by atoms with Crippen LogP contribution in [0, 0.1) is 10.1 Å². The van der Waals surface area contributed by atoms with Gasteiger partial charge in [0, 0.05) is 34.8 Å². The normalized spacial score (nSPS) is 10.8. The van der Waals surface area contributed by atoms with Crippen molar-refractivity contribution in [1.82, 2.24) is 4.57 Å². The summed E-state index contributed by atoms with van der Waals surface area (Å²) in [6, 6.07) is 12.8. The number of non-ortho nitro benzene ring substituents is 1. The molecule has 6 heteroatoms. The first-order valence-electron chi connectivity index (χ1n) is 6.61. The van der Waals surface area contributed by atoms with Gasteiger partial charge in [0.2, 0.25) is 0 Å². The van der Waals surface area contributed by atoms with Crippen molar-refractivity contribution < 1.29 is 14.8 Å². The Kier molecular flexibility index (Phi) is 3.44. The fourth-order valence-corrected chi connectivity index (χ4v) is 2.44. The summed E-state index contributed by atoms with van der Waals surface area (Å²) in [6.45, 7) is -0.185. The topological polar surface area (TPSA) is 85.4 Å². The predicted octanol–water partition coefficient (Wildman–Crippen LogP) is 2.73. The number of hydrogen-bond donors (Lipinski definition) is 1. The van der Waals surface area contributed by atoms with Crippen molar-refractivity contribution in [3.8, 4) is 0 Å². The summed E-state index contributed by atoms with van der Waals surface area (Å²) >= 11 is 0. The lowest BCUT2D eigenvalue weighted by Crippen LogP contribution is -2.11. The van der Waals surface area contributed by atoms with Crippen molar-refractivity contribution in [3.63, 3.8) is 0 Å². The number of aromatic nitrogens is 1. The van der Waals surface area contributed by atoms with Gasteiger partial charge >= 0.3 is 0 Å². The van der Waals surface area contributed by atoms with Gasteiger partial charge in [-0.1, -0.05) is 24.3 Å². The first-order chi connectivity index (χ1) is 10.6. The number of aliphatic hydroxyl groups excluding tert-OH is 1. The quantitative estimate of drug-likeness (QED) is 0.595. The molecule has 0 amide bonds. The second-order valence-corrected chi connectivity index (χ2v) is 4.81. The van der Waals surface area contributed by atoms with Crippen LogP contribution in [0.3, 0.4) is 0 Å². The van der Waals surface area contributed by atoms with Crippen LogP contribution in [0.5, 0.6) is 0 Å². The number of carbonyl (C=O) groups excluding carboxylic acids is 1. The number of nitro benzene ring substituents is 1. The van der Waals surface area contributed by atoms with Gasteiger partial charge in [-0.2, -0.15) is 0 Å². The highest BCUT2D eigenvalue weighted by molar-refractivity contribution is 6.03. The van der Waals surface area contributed by atoms with E-state index in [4.69, 9.17) is 0 Å². The first-order valence-corrected chi connectivity index (χ1v) is 6.61. The molecule has 0 bridgehead atoms. The number of fused-ring (bicyclic) bond motifs is 1. The Bertz CT molecular complexity index is 883. The molecule has 0 saturated carbocycles. The van der Waals surface area contributed by atoms with Gasteiger partial charge in [0.05, 0.1) is 17.0 Å². The Hall–Kier alpha value is -2.99. The number of hydrogen-bond acceptors (Lipinski definition) is 4. The highest BCUT2D eigenvalue weighted by Crippen LogP contribution is 2.23. The van der Waals surface area contributed by atoms with Crippen LogP contribution in [0.4, 0.5) is 5.69 Å². The van der Waals surface area contributed by atoms with Crippen LogP contribution in [0.1, 0.15) is 15.9 Å². The highest BCUT2D eigenvalue weighted by atomic mass is 16.6. The van der Waals surface area contributed by atoms with Gasteiger partial charge in [-0.05, 0) is 12.1 Å². The maximum atomic E-state index is 12.6. The molecule has 0 fully saturated rings. The van der Waals surface area contributed by atoms with Gasteiger partial charge in [-0.25, -0.2) is 0 Å². The minimum atomic E-state index is -0.538. The van der Waals surface area contributed by atoms with Crippen molar-refractivity contribution in [2.75, 3.05) is 0 Å². The van der Waals surface area contributed by atoms with Crippen LogP contribution in [-0.2, 0) is 6.61 Å². The minimum absolute atomic E-state index is 0.135. The molecule has 110 valence electrons. The third kappa shape index (κ3) is 2.25. The van der Waals surface area contributed by atoms with Crippen LogP contribution in [0.15, 0.2) is 54.7 Å². The summed E-state index contributed by atoms with van der Waals surface area (Å²) in [7, 11) is 0. The average molecular weight is 296 g/mol. The van der Waals surface area contributed by atoms with E-state index < -0.39 is 4.92 Å². The van der Waals surface area contributed by atoms with Gasteiger partial charge in [0.1, 0.15) is 0 Å². The third-order valence-electron chi connectivity index (χ3n) is 3.49. The van der Waals surface area contributed by atoms with Crippen LogP contribution in [0.2, 0.25) is 0 Å². The monoisotopic (exact) mass is 296 g/mol. The molecule has 0 aliphatic rings. The standard InChI is InChI=1S/C16H12N2O4/c19-10-12-9-17(15-7-2-1-6-14(12)15)16(20)11-4-3-5-13(8-11)18(21)22/h1-9,19H,10H2. The van der Waals surface area contributed by atoms with E-state index in [1.807, 2.05) is 12.1 Å². The lowest BCUT2D eigenvalue weighted by atomic mass is 10.2. The van der Waals surface area contributed by atoms with E-state index in [9.17, 15) is 20.0 Å². The Morgan fingerprint density at radius 3 is 2.68 bits per heavy atom. The number of benzene rings is 2. The fourth-order valence-electron chi connectivity index (χ4n) is 2.44. The zero-order chi connectivity index (χ0) is 15.7. The largest absolute Gasteiger partial charge is 0.392 e. The molecule has 3 rings (SSSR count). The second kappa shape index (κ2) is 5.42. The number of nitro groups is 1. The Morgan fingerprint density at radius 1 is 1.18 bits per heavy atom. The lowest BCUT2D eigenvalue weighted by molar-refractivity contribution is -0.384. The van der Waals surface area contributed by atoms with Crippen LogP contribution < -0.4 is 0 Å². The second-order valence-electron chi connectivity index (χ2n) is 4.81. The molecule has 0 saturated heterocycles. The van der Waals surface area contributed by atoms with Gasteiger partial charge in [0.15, 0.2) is 0 Å². The van der Waals surface area contributed by atoms with E-state index in [2.05, 4.69) is 0 Å². The molecule has 0 aliphatic heterocycles. The molecule has 1 N–H and O–H groups in total. The summed E-state index contributed by atoms with van der Waals surface area (Å²) < 4.78 is 1.40. The van der Waals surface area contributed by atoms with Gasteiger partial charge < -0.3 is 5.11 Å². The number of rotatable bonds is 3. The molecule has 1 heterocycles. The molecular formula is C16H12N2O4. The summed E-state index contributed by atoms with van der Waals surface area (Å²) in [6.07, 6.45) is 1.56. The molecule has 0 spiro atoms. The number of carbonyl (C=O) groups is 1. The summed E-state index contributed by atoms with van der Waals surface area (Å²) in [4.78, 5) is 22.9. The number of nitrogens with zero attached hydrogens (tertiary/aromatic N) is 2. The highest BCUT2D eigenvalue weighted by Gasteiger charge is 2.16. The summed E-state index contributed by atoms with van der Waals surface area (Å²) in [5.74, 6) is -0.375. The van der Waals surface area contributed by atoms with Crippen molar-refractivity contribution in [1.29, 1.82) is 0 Å². The molecule has 6 nitrogen and oxygen atoms in total. The van der Waals surface area contributed by atoms with Crippen molar-refractivity contribution in [3.05, 3.63) is 76.0 Å². The SMILES string of the molecule is O=C(c1cccc([N+](=O)[O-])c1)n1cc(CO)c2ccccc21. The van der Waals surface area contributed by atoms with Gasteiger partial charge in [0.25, 0.3) is 11.6 Å². The third-order valence-corrected chi connectivity index (χ3v) is 3.49. The molecular weight excluding hydrogens is 284 g/mol. The Morgan fingerprint density at radius 2 is 1.95 bits per heavy atom. The maximum absolute atomic E-state index is 12.6. The fraction of sp³-hybridized carbons (Fsp3) is 0.0625. The molecule has 22 heavy (non-hydrogen) atoms. The summed E-state index contributed by atoms with van der Waals surface area (Å²) in [5.41, 5.74) is 1.38. The zero-order valence-corrected chi connectivity index (χ0v) is 11.5. The molecule has 1 aromatic heterocycles. The number of aliphatic hydroxyl groups is 1. The molecule has 0 atom stereocenters. The van der Waals surface area contributed by atoms with Gasteiger partial charge in [-0.15, -0.1) is 0 Å². The smallest absolute Gasteiger partial charge is 0.270 e. The van der Waals surface area contributed by atoms with Crippen LogP contribution in [0.25, 0.3) is 10.9 Å². The summed E-state index contributed by atoms with van der Waals surface area (Å²) in [5, 5.41) is 21.0. The van der Waals surface area contributed by atoms with E-state index >= 15 is 0 Å². The maximum Gasteiger partial charge on any atom is 0.270 e. The van der Waals surface area contributed by atoms with E-state index in [1.54, 1.807) is 18.3 Å². The molecule has 0 aliphatic carbocycles. The Balaban J connectivity index is 2.13. The zero-order valence-electron chi connectivity index (χ0n) is 11.5. The van der Waals surface area contributed by atoms with E-state index in [1.165, 1.54) is 28.8 Å². The van der Waals surface area contributed by atoms with Crippen LogP contribution in [-0.4, -0.2) is 20.5 Å². The molecule has 0 radical (unpaired) electrons. The lowest BCUT2D eigenvalue weighted by Gasteiger charge is -2.04. The molecule has 2 aromatic carbocycles. The van der Waals surface area contributed by atoms with Crippen molar-refractivity contribution in [2.45, 2.75) is 6.61 Å². The van der Waals surface area contributed by atoms with Crippen molar-refractivity contribution >= 4 is 22.5 Å². The Labute approximate surface area is 125 Å². The van der Waals surface area contributed by atoms with E-state index in [0.717, 1.165) is 5.39 Å². The average Bonchev–Trinajstić information content (AvgIpc) is 2.93. The molecule has 3 aromatic rings.